The molecule has 8 nitrogen and oxygen atoms in total. The molecule has 0 saturated heterocycles. The van der Waals surface area contributed by atoms with Crippen molar-refractivity contribution in [3.05, 3.63) is 78.1 Å². The standard InChI is InChI=1S/C30H34N4O4/c1-33(2)27-14-11-25(19-32-27)23-7-4-22(5-8-23)20-34(30(37)24-9-12-26(35)13-10-24)28-18-21(16-17-31-28)6-15-29(36)38-3/h4-8,11,14-19,24,26,35H,9-10,12-13,20H2,1-3H3/b15-6+. The largest absolute Gasteiger partial charge is 0.466 e. The first-order valence-corrected chi connectivity index (χ1v) is 12.8. The maximum Gasteiger partial charge on any atom is 0.330 e. The van der Waals surface area contributed by atoms with Gasteiger partial charge in [-0.05, 0) is 72.7 Å². The molecule has 0 atom stereocenters. The Bertz CT molecular complexity index is 1260. The maximum absolute atomic E-state index is 13.7. The van der Waals surface area contributed by atoms with Crippen molar-refractivity contribution in [2.45, 2.75) is 38.3 Å². The Hall–Kier alpha value is -4.04. The minimum atomic E-state index is -0.455. The fraction of sp³-hybridized carbons (Fsp3) is 0.333. The number of hydrogen-bond donors (Lipinski definition) is 1. The molecule has 38 heavy (non-hydrogen) atoms. The third-order valence-electron chi connectivity index (χ3n) is 6.81. The minimum Gasteiger partial charge on any atom is -0.466 e. The van der Waals surface area contributed by atoms with Crippen LogP contribution in [0.5, 0.6) is 0 Å². The maximum atomic E-state index is 13.7. The number of anilines is 2. The molecule has 2 aromatic heterocycles. The van der Waals surface area contributed by atoms with E-state index in [-0.39, 0.29) is 17.9 Å². The molecule has 1 saturated carbocycles. The van der Waals surface area contributed by atoms with Gasteiger partial charge in [0.15, 0.2) is 0 Å². The van der Waals surface area contributed by atoms with Crippen LogP contribution in [0.4, 0.5) is 11.6 Å². The van der Waals surface area contributed by atoms with Gasteiger partial charge in [-0.25, -0.2) is 14.8 Å². The van der Waals surface area contributed by atoms with E-state index >= 15 is 0 Å². The number of esters is 1. The van der Waals surface area contributed by atoms with E-state index in [4.69, 9.17) is 0 Å². The zero-order valence-corrected chi connectivity index (χ0v) is 22.1. The molecule has 1 N–H and O–H groups in total. The van der Waals surface area contributed by atoms with E-state index in [9.17, 15) is 14.7 Å². The number of carbonyl (C=O) groups is 2. The number of nitrogens with zero attached hydrogens (tertiary/aromatic N) is 4. The molecule has 2 heterocycles. The number of amides is 1. The SMILES string of the molecule is COC(=O)/C=C/c1ccnc(N(Cc2ccc(-c3ccc(N(C)C)nc3)cc2)C(=O)C2CCC(O)CC2)c1. The smallest absolute Gasteiger partial charge is 0.330 e. The van der Waals surface area contributed by atoms with Crippen molar-refractivity contribution in [3.63, 3.8) is 0 Å². The molecular weight excluding hydrogens is 480 g/mol. The molecule has 0 bridgehead atoms. The van der Waals surface area contributed by atoms with Gasteiger partial charge in [-0.1, -0.05) is 24.3 Å². The highest BCUT2D eigenvalue weighted by atomic mass is 16.5. The molecule has 1 aliphatic carbocycles. The van der Waals surface area contributed by atoms with E-state index in [1.807, 2.05) is 61.6 Å². The van der Waals surface area contributed by atoms with Crippen molar-refractivity contribution in [1.82, 2.24) is 9.97 Å². The van der Waals surface area contributed by atoms with Gasteiger partial charge in [-0.15, -0.1) is 0 Å². The summed E-state index contributed by atoms with van der Waals surface area (Å²) < 4.78 is 4.68. The minimum absolute atomic E-state index is 0.00829. The van der Waals surface area contributed by atoms with Gasteiger partial charge < -0.3 is 14.7 Å². The van der Waals surface area contributed by atoms with Gasteiger partial charge in [0.25, 0.3) is 0 Å². The summed E-state index contributed by atoms with van der Waals surface area (Å²) in [4.78, 5) is 37.9. The highest BCUT2D eigenvalue weighted by molar-refractivity contribution is 5.94. The lowest BCUT2D eigenvalue weighted by atomic mass is 9.86. The van der Waals surface area contributed by atoms with Gasteiger partial charge in [0.2, 0.25) is 5.91 Å². The summed E-state index contributed by atoms with van der Waals surface area (Å²) in [7, 11) is 5.24. The van der Waals surface area contributed by atoms with Crippen LogP contribution < -0.4 is 9.80 Å². The average molecular weight is 515 g/mol. The summed E-state index contributed by atoms with van der Waals surface area (Å²) in [6, 6.07) is 15.7. The van der Waals surface area contributed by atoms with Crippen LogP contribution in [0.15, 0.2) is 67.0 Å². The Morgan fingerprint density at radius 1 is 0.974 bits per heavy atom. The summed E-state index contributed by atoms with van der Waals surface area (Å²) in [6.45, 7) is 0.354. The van der Waals surface area contributed by atoms with Gasteiger partial charge in [0, 0.05) is 44.0 Å². The highest BCUT2D eigenvalue weighted by Gasteiger charge is 2.30. The Morgan fingerprint density at radius 2 is 1.68 bits per heavy atom. The third-order valence-corrected chi connectivity index (χ3v) is 6.81. The number of carbonyl (C=O) groups excluding carboxylic acids is 2. The zero-order chi connectivity index (χ0) is 27.1. The molecule has 0 spiro atoms. The van der Waals surface area contributed by atoms with Crippen LogP contribution in [0.3, 0.4) is 0 Å². The molecule has 0 unspecified atom stereocenters. The lowest BCUT2D eigenvalue weighted by Gasteiger charge is -2.30. The first-order valence-electron chi connectivity index (χ1n) is 12.8. The van der Waals surface area contributed by atoms with Crippen LogP contribution in [-0.2, 0) is 20.9 Å². The quantitative estimate of drug-likeness (QED) is 0.350. The third kappa shape index (κ3) is 6.83. The molecule has 0 radical (unpaired) electrons. The fourth-order valence-corrected chi connectivity index (χ4v) is 4.54. The molecule has 198 valence electrons. The van der Waals surface area contributed by atoms with E-state index < -0.39 is 5.97 Å². The number of methoxy groups -OCH3 is 1. The predicted molar refractivity (Wildman–Crippen MR) is 148 cm³/mol. The van der Waals surface area contributed by atoms with Gasteiger partial charge >= 0.3 is 5.97 Å². The van der Waals surface area contributed by atoms with Crippen LogP contribution in [0.1, 0.15) is 36.8 Å². The number of aliphatic hydroxyl groups is 1. The predicted octanol–water partition coefficient (Wildman–Crippen LogP) is 4.48. The van der Waals surface area contributed by atoms with Crippen LogP contribution in [0, 0.1) is 5.92 Å². The molecule has 1 aromatic carbocycles. The molecule has 3 aromatic rings. The second-order valence-electron chi connectivity index (χ2n) is 9.73. The van der Waals surface area contributed by atoms with Crippen LogP contribution in [0.2, 0.25) is 0 Å². The Labute approximate surface area is 223 Å². The zero-order valence-electron chi connectivity index (χ0n) is 22.1. The molecule has 1 amide bonds. The number of rotatable bonds is 8. The van der Waals surface area contributed by atoms with E-state index in [0.717, 1.165) is 28.1 Å². The van der Waals surface area contributed by atoms with Gasteiger partial charge in [-0.3, -0.25) is 9.69 Å². The number of aromatic nitrogens is 2. The van der Waals surface area contributed by atoms with Crippen LogP contribution in [0.25, 0.3) is 17.2 Å². The first kappa shape index (κ1) is 27.0. The van der Waals surface area contributed by atoms with Gasteiger partial charge in [0.05, 0.1) is 19.8 Å². The van der Waals surface area contributed by atoms with Gasteiger partial charge in [0.1, 0.15) is 11.6 Å². The fourth-order valence-electron chi connectivity index (χ4n) is 4.54. The lowest BCUT2D eigenvalue weighted by molar-refractivity contribution is -0.134. The Balaban J connectivity index is 1.58. The van der Waals surface area contributed by atoms with E-state index in [2.05, 4.69) is 14.7 Å². The second kappa shape index (κ2) is 12.5. The van der Waals surface area contributed by atoms with Crippen molar-refractivity contribution in [2.24, 2.45) is 5.92 Å². The normalized spacial score (nSPS) is 17.3. The highest BCUT2D eigenvalue weighted by Crippen LogP contribution is 2.29. The van der Waals surface area contributed by atoms with Crippen molar-refractivity contribution < 1.29 is 19.4 Å². The second-order valence-corrected chi connectivity index (χ2v) is 9.73. The monoisotopic (exact) mass is 514 g/mol. The number of aliphatic hydroxyl groups excluding tert-OH is 1. The molecule has 8 heteroatoms. The number of pyridine rings is 2. The summed E-state index contributed by atoms with van der Waals surface area (Å²) in [5.74, 6) is 0.774. The van der Waals surface area contributed by atoms with E-state index in [0.29, 0.717) is 38.0 Å². The summed E-state index contributed by atoms with van der Waals surface area (Å²) in [5, 5.41) is 9.93. The Morgan fingerprint density at radius 3 is 2.32 bits per heavy atom. The first-order chi connectivity index (χ1) is 18.3. The van der Waals surface area contributed by atoms with Crippen molar-refractivity contribution >= 4 is 29.6 Å². The van der Waals surface area contributed by atoms with Crippen LogP contribution in [-0.4, -0.2) is 54.3 Å². The molecule has 0 aliphatic heterocycles. The van der Waals surface area contributed by atoms with Gasteiger partial charge in [-0.2, -0.15) is 0 Å². The molecule has 4 rings (SSSR count). The van der Waals surface area contributed by atoms with E-state index in [1.54, 1.807) is 29.3 Å². The molecule has 1 fully saturated rings. The topological polar surface area (TPSA) is 95.9 Å². The van der Waals surface area contributed by atoms with Crippen LogP contribution >= 0.6 is 0 Å². The molecule has 1 aliphatic rings. The molecular formula is C30H34N4O4. The summed E-state index contributed by atoms with van der Waals surface area (Å²) in [5.41, 5.74) is 3.76. The van der Waals surface area contributed by atoms with Crippen molar-refractivity contribution in [1.29, 1.82) is 0 Å². The van der Waals surface area contributed by atoms with Crippen molar-refractivity contribution in [2.75, 3.05) is 31.0 Å². The van der Waals surface area contributed by atoms with E-state index in [1.165, 1.54) is 13.2 Å². The Kier molecular flexibility index (Phi) is 8.86. The summed E-state index contributed by atoms with van der Waals surface area (Å²) in [6.07, 6.45) is 8.66. The lowest BCUT2D eigenvalue weighted by Crippen LogP contribution is -2.38. The number of benzene rings is 1. The van der Waals surface area contributed by atoms with Crippen molar-refractivity contribution in [3.8, 4) is 11.1 Å². The summed E-state index contributed by atoms with van der Waals surface area (Å²) >= 11 is 0. The average Bonchev–Trinajstić information content (AvgIpc) is 2.95. The number of hydrogen-bond acceptors (Lipinski definition) is 7. The number of ether oxygens (including phenoxy) is 1.